The molecule has 0 aromatic carbocycles. The van der Waals surface area contributed by atoms with Crippen molar-refractivity contribution in [2.45, 2.75) is 38.0 Å². The number of hydrogen-bond acceptors (Lipinski definition) is 7. The van der Waals surface area contributed by atoms with Crippen LogP contribution in [0.2, 0.25) is 0 Å². The summed E-state index contributed by atoms with van der Waals surface area (Å²) in [7, 11) is 2.24. The number of aromatic nitrogens is 4. The van der Waals surface area contributed by atoms with Crippen LogP contribution in [0.5, 0.6) is 0 Å². The number of rotatable bonds is 3. The normalized spacial score (nSPS) is 33.1. The molecule has 3 aliphatic heterocycles. The first-order valence-electron chi connectivity index (χ1n) is 9.61. The number of nitrogen functional groups attached to an aromatic ring is 1. The topological polar surface area (TPSA) is 85.3 Å². The molecule has 0 aliphatic carbocycles. The first kappa shape index (κ1) is 16.4. The van der Waals surface area contributed by atoms with E-state index >= 15 is 0 Å². The quantitative estimate of drug-likeness (QED) is 0.881. The van der Waals surface area contributed by atoms with Crippen molar-refractivity contribution >= 4 is 17.0 Å². The number of imidazole rings is 1. The van der Waals surface area contributed by atoms with Crippen LogP contribution in [0, 0.1) is 5.41 Å². The van der Waals surface area contributed by atoms with Crippen LogP contribution < -0.4 is 5.73 Å². The van der Waals surface area contributed by atoms with Crippen LogP contribution in [-0.2, 0) is 4.74 Å². The Kier molecular flexibility index (Phi) is 3.88. The van der Waals surface area contributed by atoms with Gasteiger partial charge in [-0.1, -0.05) is 0 Å². The van der Waals surface area contributed by atoms with Crippen LogP contribution in [0.4, 0.5) is 5.82 Å². The van der Waals surface area contributed by atoms with Gasteiger partial charge in [-0.2, -0.15) is 0 Å². The lowest BCUT2D eigenvalue weighted by molar-refractivity contribution is -0.00988. The Bertz CT molecular complexity index is 808. The average molecular weight is 357 g/mol. The van der Waals surface area contributed by atoms with Gasteiger partial charge in [0.2, 0.25) is 0 Å². The van der Waals surface area contributed by atoms with Gasteiger partial charge in [0.15, 0.2) is 11.5 Å². The Morgan fingerprint density at radius 3 is 2.92 bits per heavy atom. The molecule has 3 unspecified atom stereocenters. The summed E-state index contributed by atoms with van der Waals surface area (Å²) < 4.78 is 8.36. The van der Waals surface area contributed by atoms with Gasteiger partial charge in [-0.25, -0.2) is 15.0 Å². The summed E-state index contributed by atoms with van der Waals surface area (Å²) >= 11 is 0. The molecule has 8 nitrogen and oxygen atoms in total. The molecule has 3 atom stereocenters. The van der Waals surface area contributed by atoms with Crippen molar-refractivity contribution in [3.63, 3.8) is 0 Å². The van der Waals surface area contributed by atoms with E-state index in [1.54, 1.807) is 6.33 Å². The maximum absolute atomic E-state index is 6.36. The molecule has 0 radical (unpaired) electrons. The van der Waals surface area contributed by atoms with E-state index in [2.05, 4.69) is 31.8 Å². The summed E-state index contributed by atoms with van der Waals surface area (Å²) in [4.78, 5) is 17.8. The molecule has 3 fully saturated rings. The van der Waals surface area contributed by atoms with Crippen molar-refractivity contribution < 1.29 is 4.74 Å². The van der Waals surface area contributed by atoms with Crippen LogP contribution >= 0.6 is 0 Å². The molecule has 5 heterocycles. The zero-order chi connectivity index (χ0) is 17.7. The minimum atomic E-state index is -0.00604. The molecular weight excluding hydrogens is 330 g/mol. The van der Waals surface area contributed by atoms with Gasteiger partial charge in [-0.15, -0.1) is 0 Å². The maximum Gasteiger partial charge on any atom is 0.167 e. The fraction of sp³-hybridized carbons (Fsp3) is 0.722. The fourth-order valence-electron chi connectivity index (χ4n) is 5.07. The third kappa shape index (κ3) is 2.76. The largest absolute Gasteiger partial charge is 0.382 e. The van der Waals surface area contributed by atoms with Crippen LogP contribution in [0.1, 0.15) is 31.9 Å². The standard InChI is InChI=1S/C18H27N7O/c1-23-6-4-18(9-23)5-7-24(10-18)8-13-2-3-14(26-13)25-12-22-15-16(19)20-11-21-17(15)25/h11-14H,2-10H2,1H3,(H2,19,20,21). The summed E-state index contributed by atoms with van der Waals surface area (Å²) in [5.41, 5.74) is 7.84. The molecule has 2 N–H and O–H groups in total. The summed E-state index contributed by atoms with van der Waals surface area (Å²) in [5.74, 6) is 0.423. The summed E-state index contributed by atoms with van der Waals surface area (Å²) in [6.45, 7) is 5.95. The zero-order valence-electron chi connectivity index (χ0n) is 15.3. The van der Waals surface area contributed by atoms with Crippen molar-refractivity contribution in [2.24, 2.45) is 5.41 Å². The Balaban J connectivity index is 1.23. The third-order valence-electron chi connectivity index (χ3n) is 6.39. The molecule has 2 aromatic rings. The van der Waals surface area contributed by atoms with Crippen molar-refractivity contribution in [1.29, 1.82) is 0 Å². The van der Waals surface area contributed by atoms with Crippen LogP contribution in [0.15, 0.2) is 12.7 Å². The first-order valence-corrected chi connectivity index (χ1v) is 9.61. The van der Waals surface area contributed by atoms with Crippen molar-refractivity contribution in [3.05, 3.63) is 12.7 Å². The molecule has 0 saturated carbocycles. The lowest BCUT2D eigenvalue weighted by Gasteiger charge is -2.25. The SMILES string of the molecule is CN1CCC2(CCN(CC3CCC(n4cnc5c(N)ncnc54)O3)C2)C1. The van der Waals surface area contributed by atoms with Gasteiger partial charge in [0, 0.05) is 19.6 Å². The smallest absolute Gasteiger partial charge is 0.167 e. The summed E-state index contributed by atoms with van der Waals surface area (Å²) in [5, 5.41) is 0. The van der Waals surface area contributed by atoms with E-state index in [1.165, 1.54) is 45.3 Å². The Morgan fingerprint density at radius 2 is 2.08 bits per heavy atom. The Hall–Kier alpha value is -1.77. The van der Waals surface area contributed by atoms with E-state index in [-0.39, 0.29) is 12.3 Å². The third-order valence-corrected chi connectivity index (χ3v) is 6.39. The van der Waals surface area contributed by atoms with Crippen LogP contribution in [0.25, 0.3) is 11.2 Å². The van der Waals surface area contributed by atoms with Gasteiger partial charge in [-0.3, -0.25) is 4.57 Å². The van der Waals surface area contributed by atoms with E-state index < -0.39 is 0 Å². The molecule has 26 heavy (non-hydrogen) atoms. The maximum atomic E-state index is 6.36. The predicted molar refractivity (Wildman–Crippen MR) is 98.5 cm³/mol. The molecular formula is C18H27N7O. The van der Waals surface area contributed by atoms with Crippen LogP contribution in [-0.4, -0.2) is 75.2 Å². The molecule has 3 saturated heterocycles. The monoisotopic (exact) mass is 357 g/mol. The highest BCUT2D eigenvalue weighted by molar-refractivity contribution is 5.81. The van der Waals surface area contributed by atoms with E-state index in [0.29, 0.717) is 16.7 Å². The molecule has 0 bridgehead atoms. The zero-order valence-corrected chi connectivity index (χ0v) is 15.3. The minimum absolute atomic E-state index is 0.00604. The minimum Gasteiger partial charge on any atom is -0.382 e. The van der Waals surface area contributed by atoms with E-state index in [4.69, 9.17) is 10.5 Å². The van der Waals surface area contributed by atoms with E-state index in [1.807, 2.05) is 4.57 Å². The lowest BCUT2D eigenvalue weighted by Crippen LogP contribution is -2.34. The summed E-state index contributed by atoms with van der Waals surface area (Å²) in [6.07, 6.45) is 8.29. The number of hydrogen-bond donors (Lipinski definition) is 1. The van der Waals surface area contributed by atoms with Gasteiger partial charge >= 0.3 is 0 Å². The number of fused-ring (bicyclic) bond motifs is 1. The second-order valence-corrected chi connectivity index (χ2v) is 8.35. The highest BCUT2D eigenvalue weighted by atomic mass is 16.5. The molecule has 5 rings (SSSR count). The fourth-order valence-corrected chi connectivity index (χ4v) is 5.07. The van der Waals surface area contributed by atoms with Gasteiger partial charge in [-0.05, 0) is 51.2 Å². The molecule has 3 aliphatic rings. The second-order valence-electron chi connectivity index (χ2n) is 8.35. The van der Waals surface area contributed by atoms with E-state index in [0.717, 1.165) is 25.0 Å². The lowest BCUT2D eigenvalue weighted by atomic mass is 9.86. The number of anilines is 1. The van der Waals surface area contributed by atoms with Crippen molar-refractivity contribution in [3.8, 4) is 0 Å². The predicted octanol–water partition coefficient (Wildman–Crippen LogP) is 1.11. The molecule has 1 spiro atoms. The highest BCUT2D eigenvalue weighted by Crippen LogP contribution is 2.40. The second kappa shape index (κ2) is 6.14. The molecule has 140 valence electrons. The first-order chi connectivity index (χ1) is 12.6. The Labute approximate surface area is 153 Å². The average Bonchev–Trinajstić information content (AvgIpc) is 3.37. The molecule has 0 amide bonds. The number of nitrogens with two attached hydrogens (primary N) is 1. The van der Waals surface area contributed by atoms with E-state index in [9.17, 15) is 0 Å². The van der Waals surface area contributed by atoms with Gasteiger partial charge < -0.3 is 20.3 Å². The Morgan fingerprint density at radius 1 is 1.19 bits per heavy atom. The van der Waals surface area contributed by atoms with Crippen molar-refractivity contribution in [1.82, 2.24) is 29.3 Å². The van der Waals surface area contributed by atoms with Crippen molar-refractivity contribution in [2.75, 3.05) is 45.5 Å². The summed E-state index contributed by atoms with van der Waals surface area (Å²) in [6, 6.07) is 0. The van der Waals surface area contributed by atoms with Gasteiger partial charge in [0.1, 0.15) is 18.1 Å². The van der Waals surface area contributed by atoms with Gasteiger partial charge in [0.25, 0.3) is 0 Å². The highest BCUT2D eigenvalue weighted by Gasteiger charge is 2.43. The number of ether oxygens (including phenoxy) is 1. The molecule has 2 aromatic heterocycles. The number of nitrogens with zero attached hydrogens (tertiary/aromatic N) is 6. The van der Waals surface area contributed by atoms with Gasteiger partial charge in [0.05, 0.1) is 12.4 Å². The van der Waals surface area contributed by atoms with Crippen LogP contribution in [0.3, 0.4) is 0 Å². The molecule has 8 heteroatoms. The number of likely N-dealkylation sites (tertiary alicyclic amines) is 2.